The number of benzene rings is 1. The van der Waals surface area contributed by atoms with Gasteiger partial charge in [-0.25, -0.2) is 8.78 Å². The monoisotopic (exact) mass is 464 g/mol. The summed E-state index contributed by atoms with van der Waals surface area (Å²) in [5, 5.41) is 19.7. The molecule has 3 rings (SSSR count). The highest BCUT2D eigenvalue weighted by Crippen LogP contribution is 2.37. The minimum absolute atomic E-state index is 0.0329. The predicted molar refractivity (Wildman–Crippen MR) is 122 cm³/mol. The van der Waals surface area contributed by atoms with Crippen LogP contribution in [-0.4, -0.2) is 51.8 Å². The Morgan fingerprint density at radius 1 is 1.24 bits per heavy atom. The molecule has 1 heterocycles. The molecule has 3 N–H and O–H groups in total. The van der Waals surface area contributed by atoms with Crippen LogP contribution < -0.4 is 10.6 Å². The smallest absolute Gasteiger partial charge is 0.273 e. The molecule has 0 radical (unpaired) electrons. The molecule has 0 unspecified atom stereocenters. The summed E-state index contributed by atoms with van der Waals surface area (Å²) in [6, 6.07) is 6.53. The summed E-state index contributed by atoms with van der Waals surface area (Å²) in [6.07, 6.45) is 1.02. The Hall–Kier alpha value is -2.55. The first-order valence-corrected chi connectivity index (χ1v) is 11.5. The van der Waals surface area contributed by atoms with Crippen molar-refractivity contribution >= 4 is 22.7 Å². The number of rotatable bonds is 8. The summed E-state index contributed by atoms with van der Waals surface area (Å²) in [5.41, 5.74) is 0.425. The van der Waals surface area contributed by atoms with Crippen molar-refractivity contribution in [1.29, 1.82) is 0 Å². The highest BCUT2D eigenvalue weighted by atomic mass is 19.3. The van der Waals surface area contributed by atoms with E-state index in [-0.39, 0.29) is 37.0 Å². The molecule has 1 fully saturated rings. The van der Waals surface area contributed by atoms with Gasteiger partial charge in [0.05, 0.1) is 5.52 Å². The Morgan fingerprint density at radius 3 is 2.55 bits per heavy atom. The molecule has 0 aliphatic heterocycles. The zero-order chi connectivity index (χ0) is 24.2. The third kappa shape index (κ3) is 6.28. The molecule has 1 aliphatic rings. The van der Waals surface area contributed by atoms with Crippen LogP contribution in [0.25, 0.3) is 10.9 Å². The Kier molecular flexibility index (Phi) is 7.72. The van der Waals surface area contributed by atoms with Gasteiger partial charge in [0.25, 0.3) is 5.91 Å². The van der Waals surface area contributed by atoms with Gasteiger partial charge in [-0.2, -0.15) is 5.10 Å². The number of hydrogen-bond acceptors (Lipinski definition) is 4. The largest absolute Gasteiger partial charge is 0.396 e. The topological polar surface area (TPSA) is 96.2 Å². The molecule has 1 aliphatic carbocycles. The van der Waals surface area contributed by atoms with Crippen molar-refractivity contribution in [1.82, 2.24) is 20.4 Å². The van der Waals surface area contributed by atoms with Gasteiger partial charge in [-0.1, -0.05) is 39.0 Å². The quantitative estimate of drug-likeness (QED) is 0.521. The fraction of sp³-hybridized carbons (Fsp3) is 0.625. The average molecular weight is 465 g/mol. The molecular weight excluding hydrogens is 430 g/mol. The van der Waals surface area contributed by atoms with Crippen LogP contribution in [0, 0.1) is 11.3 Å². The summed E-state index contributed by atoms with van der Waals surface area (Å²) in [5.74, 6) is -3.30. The molecule has 1 saturated carbocycles. The van der Waals surface area contributed by atoms with E-state index < -0.39 is 23.3 Å². The number of aromatic nitrogens is 2. The van der Waals surface area contributed by atoms with Gasteiger partial charge in [0, 0.05) is 37.9 Å². The maximum atomic E-state index is 13.5. The van der Waals surface area contributed by atoms with E-state index in [0.717, 1.165) is 5.52 Å². The molecule has 0 spiro atoms. The van der Waals surface area contributed by atoms with Gasteiger partial charge in [-0.05, 0) is 36.7 Å². The predicted octanol–water partition coefficient (Wildman–Crippen LogP) is 3.50. The number of alkyl halides is 2. The molecule has 0 bridgehead atoms. The highest BCUT2D eigenvalue weighted by Gasteiger charge is 2.36. The lowest BCUT2D eigenvalue weighted by molar-refractivity contribution is -0.125. The Morgan fingerprint density at radius 2 is 1.91 bits per heavy atom. The van der Waals surface area contributed by atoms with Gasteiger partial charge in [-0.15, -0.1) is 0 Å². The summed E-state index contributed by atoms with van der Waals surface area (Å²) < 4.78 is 28.8. The van der Waals surface area contributed by atoms with E-state index in [9.17, 15) is 18.4 Å². The van der Waals surface area contributed by atoms with Crippen molar-refractivity contribution in [3.8, 4) is 0 Å². The minimum Gasteiger partial charge on any atom is -0.396 e. The third-order valence-electron chi connectivity index (χ3n) is 6.18. The summed E-state index contributed by atoms with van der Waals surface area (Å²) >= 11 is 0. The lowest BCUT2D eigenvalue weighted by Gasteiger charge is -2.30. The van der Waals surface area contributed by atoms with Crippen LogP contribution >= 0.6 is 0 Å². The van der Waals surface area contributed by atoms with Crippen LogP contribution in [0.2, 0.25) is 0 Å². The molecule has 2 amide bonds. The summed E-state index contributed by atoms with van der Waals surface area (Å²) in [7, 11) is 0. The van der Waals surface area contributed by atoms with Gasteiger partial charge in [0.1, 0.15) is 6.04 Å². The highest BCUT2D eigenvalue weighted by molar-refractivity contribution is 6.06. The normalized spacial score (nSPS) is 17.6. The number of para-hydroxylation sites is 1. The molecule has 1 aromatic heterocycles. The Bertz CT molecular complexity index is 974. The molecule has 1 atom stereocenters. The van der Waals surface area contributed by atoms with Crippen molar-refractivity contribution in [2.45, 2.75) is 71.4 Å². The first-order valence-electron chi connectivity index (χ1n) is 11.5. The number of aliphatic hydroxyl groups excluding tert-OH is 1. The van der Waals surface area contributed by atoms with Crippen molar-refractivity contribution in [2.24, 2.45) is 11.3 Å². The molecular formula is C24H34F2N4O3. The van der Waals surface area contributed by atoms with Crippen LogP contribution in [0.3, 0.4) is 0 Å². The summed E-state index contributed by atoms with van der Waals surface area (Å²) in [4.78, 5) is 26.0. The first-order chi connectivity index (χ1) is 15.5. The van der Waals surface area contributed by atoms with E-state index in [1.165, 1.54) is 0 Å². The lowest BCUT2D eigenvalue weighted by Crippen LogP contribution is -2.53. The molecule has 2 aromatic rings. The summed E-state index contributed by atoms with van der Waals surface area (Å²) in [6.45, 7) is 6.33. The van der Waals surface area contributed by atoms with Gasteiger partial charge in [0.15, 0.2) is 5.69 Å². The number of aliphatic hydroxyl groups is 1. The van der Waals surface area contributed by atoms with Crippen LogP contribution in [0.15, 0.2) is 24.3 Å². The van der Waals surface area contributed by atoms with Crippen LogP contribution in [0.4, 0.5) is 8.78 Å². The fourth-order valence-corrected chi connectivity index (χ4v) is 4.23. The van der Waals surface area contributed by atoms with E-state index in [0.29, 0.717) is 37.7 Å². The Labute approximate surface area is 192 Å². The molecule has 9 heteroatoms. The average Bonchev–Trinajstić information content (AvgIpc) is 3.11. The second-order valence-electron chi connectivity index (χ2n) is 9.99. The zero-order valence-electron chi connectivity index (χ0n) is 19.5. The van der Waals surface area contributed by atoms with Crippen LogP contribution in [-0.2, 0) is 11.3 Å². The maximum Gasteiger partial charge on any atom is 0.273 e. The lowest BCUT2D eigenvalue weighted by atomic mass is 9.86. The number of fused-ring (bicyclic) bond motifs is 1. The SMILES string of the molecule is CC(C)(C)[C@H](NC(=O)c1nn(CC2CCC(F)(F)CC2)c2ccccc12)C(=O)NCCCO. The number of halogens is 2. The minimum atomic E-state index is -2.59. The number of amides is 2. The van der Waals surface area contributed by atoms with E-state index >= 15 is 0 Å². The Balaban J connectivity index is 1.81. The third-order valence-corrected chi connectivity index (χ3v) is 6.18. The second kappa shape index (κ2) is 10.2. The number of hydrogen-bond donors (Lipinski definition) is 3. The number of nitrogens with one attached hydrogen (secondary N) is 2. The zero-order valence-corrected chi connectivity index (χ0v) is 19.5. The van der Waals surface area contributed by atoms with E-state index in [1.807, 2.05) is 39.0 Å². The van der Waals surface area contributed by atoms with Crippen molar-refractivity contribution in [2.75, 3.05) is 13.2 Å². The van der Waals surface area contributed by atoms with Gasteiger partial charge in [0.2, 0.25) is 11.8 Å². The molecule has 7 nitrogen and oxygen atoms in total. The van der Waals surface area contributed by atoms with Crippen molar-refractivity contribution in [3.05, 3.63) is 30.0 Å². The number of carbonyl (C=O) groups is 2. The van der Waals surface area contributed by atoms with Gasteiger partial charge >= 0.3 is 0 Å². The number of carbonyl (C=O) groups excluding carboxylic acids is 2. The van der Waals surface area contributed by atoms with E-state index in [2.05, 4.69) is 15.7 Å². The van der Waals surface area contributed by atoms with E-state index in [1.54, 1.807) is 10.7 Å². The van der Waals surface area contributed by atoms with Crippen LogP contribution in [0.1, 0.15) is 63.4 Å². The molecule has 0 saturated heterocycles. The standard InChI is InChI=1S/C24H34F2N4O3/c1-23(2,3)20(22(33)27-13-6-14-31)28-21(32)19-17-7-4-5-8-18(17)30(29-19)15-16-9-11-24(25,26)12-10-16/h4-5,7-8,16,20,31H,6,9-15H2,1-3H3,(H,27,33)(H,28,32)/t20-/m1/s1. The van der Waals surface area contributed by atoms with Crippen molar-refractivity contribution in [3.63, 3.8) is 0 Å². The molecule has 33 heavy (non-hydrogen) atoms. The van der Waals surface area contributed by atoms with Gasteiger partial charge < -0.3 is 15.7 Å². The first kappa shape index (κ1) is 25.1. The second-order valence-corrected chi connectivity index (χ2v) is 9.99. The molecule has 1 aromatic carbocycles. The van der Waals surface area contributed by atoms with Crippen LogP contribution in [0.5, 0.6) is 0 Å². The van der Waals surface area contributed by atoms with E-state index in [4.69, 9.17) is 5.11 Å². The van der Waals surface area contributed by atoms with Gasteiger partial charge in [-0.3, -0.25) is 14.3 Å². The fourth-order valence-electron chi connectivity index (χ4n) is 4.23. The number of nitrogens with zero attached hydrogens (tertiary/aromatic N) is 2. The van der Waals surface area contributed by atoms with Crippen molar-refractivity contribution < 1.29 is 23.5 Å². The maximum absolute atomic E-state index is 13.5. The molecule has 182 valence electrons.